The first kappa shape index (κ1) is 61.7. The van der Waals surface area contributed by atoms with E-state index in [0.717, 1.165) is 12.1 Å². The first-order chi connectivity index (χ1) is 31.8. The van der Waals surface area contributed by atoms with Crippen molar-refractivity contribution in [3.05, 3.63) is 142 Å². The maximum absolute atomic E-state index is 11.0. The van der Waals surface area contributed by atoms with Crippen LogP contribution in [0.5, 0.6) is 0 Å². The van der Waals surface area contributed by atoms with Gasteiger partial charge in [0.25, 0.3) is 0 Å². The maximum atomic E-state index is 11.0. The van der Waals surface area contributed by atoms with Crippen LogP contribution in [-0.4, -0.2) is 147 Å². The number of benzene rings is 4. The molecule has 0 bridgehead atoms. The quantitative estimate of drug-likeness (QED) is 0.0484. The third-order valence-electron chi connectivity index (χ3n) is 7.64. The average molecular weight is 959 g/mol. The highest BCUT2D eigenvalue weighted by Gasteiger charge is 2.30. The van der Waals surface area contributed by atoms with Crippen LogP contribution in [-0.2, 0) is 14.3 Å². The van der Waals surface area contributed by atoms with Gasteiger partial charge < -0.3 is 66.0 Å². The SMILES string of the molecule is CC(C)(CO)CO.O=C(O)CCCCC(=O)O.O=C(O)c1ccc(C(=O)O)cc1.O=C(O)c1ccc2c(c1)C(=O)OC2=O.O=C(O)c1cccc(C(=O)O)c1.O=C(O)c1ccccc1.OCCO. The van der Waals surface area contributed by atoms with E-state index in [-0.39, 0.29) is 83.6 Å². The predicted octanol–water partition coefficient (Wildman–Crippen LogP) is 3.93. The zero-order valence-electron chi connectivity index (χ0n) is 36.3. The Hall–Kier alpha value is -8.38. The van der Waals surface area contributed by atoms with Crippen LogP contribution in [0.1, 0.15) is 122 Å². The number of carboxylic acids is 8. The van der Waals surface area contributed by atoms with Crippen LogP contribution in [0, 0.1) is 5.41 Å². The molecule has 23 heteroatoms. The molecule has 68 heavy (non-hydrogen) atoms. The molecule has 0 fully saturated rings. The summed E-state index contributed by atoms with van der Waals surface area (Å²) in [5.74, 6) is -9.68. The largest absolute Gasteiger partial charge is 0.481 e. The van der Waals surface area contributed by atoms with Gasteiger partial charge in [0.05, 0.1) is 70.9 Å². The molecule has 1 heterocycles. The summed E-state index contributed by atoms with van der Waals surface area (Å²) in [7, 11) is 0. The number of ether oxygens (including phenoxy) is 1. The van der Waals surface area contributed by atoms with Crippen LogP contribution in [0.4, 0.5) is 0 Å². The fourth-order valence-corrected chi connectivity index (χ4v) is 3.94. The summed E-state index contributed by atoms with van der Waals surface area (Å²) in [6.07, 6.45) is 1.02. The van der Waals surface area contributed by atoms with Crippen LogP contribution in [0.3, 0.4) is 0 Å². The number of aromatic carboxylic acids is 6. The number of aliphatic hydroxyl groups is 4. The number of carbonyl (C=O) groups excluding carboxylic acids is 2. The standard InChI is InChI=1S/C9H4O5.2C8H6O4.C7H6O2.C6H10O4.C5H12O2.C2H6O2/c10-7(11)4-1-2-5-6(3-4)9(13)14-8(5)12;9-7(10)5-1-2-6(4-3-5)8(11)12;9-7(10)5-2-1-3-6(4-5)8(11)12;8-7(9)6-4-2-1-3-5-6;7-5(8)3-1-2-4-6(9)10;1-5(2,3-6)4-7;3-1-2-4/h1-3H,(H,10,11);2*1-4H,(H,9,10)(H,11,12);1-5H,(H,8,9);1-4H2,(H,7,8)(H,9,10);6-7H,3-4H2,1-2H3;3-4H,1-2H2. The molecule has 0 radical (unpaired) electrons. The molecule has 0 unspecified atom stereocenters. The van der Waals surface area contributed by atoms with Gasteiger partial charge in [-0.2, -0.15) is 0 Å². The lowest BCUT2D eigenvalue weighted by atomic mass is 9.97. The van der Waals surface area contributed by atoms with Crippen molar-refractivity contribution in [1.29, 1.82) is 0 Å². The van der Waals surface area contributed by atoms with E-state index in [1.807, 2.05) is 0 Å². The Kier molecular flexibility index (Phi) is 30.1. The van der Waals surface area contributed by atoms with Crippen molar-refractivity contribution in [2.24, 2.45) is 5.41 Å². The minimum Gasteiger partial charge on any atom is -0.481 e. The molecule has 0 amide bonds. The zero-order valence-corrected chi connectivity index (χ0v) is 36.3. The molecular formula is C45H50O23. The molecule has 0 aromatic heterocycles. The van der Waals surface area contributed by atoms with Crippen LogP contribution in [0.2, 0.25) is 0 Å². The highest BCUT2D eigenvalue weighted by Crippen LogP contribution is 2.21. The Morgan fingerprint density at radius 3 is 1.01 bits per heavy atom. The molecule has 1 aliphatic rings. The fraction of sp³-hybridized carbons (Fsp3) is 0.244. The fourth-order valence-electron chi connectivity index (χ4n) is 3.94. The number of aliphatic hydroxyl groups excluding tert-OH is 4. The first-order valence-electron chi connectivity index (χ1n) is 19.2. The summed E-state index contributed by atoms with van der Waals surface area (Å²) >= 11 is 0. The maximum Gasteiger partial charge on any atom is 0.346 e. The van der Waals surface area contributed by atoms with E-state index >= 15 is 0 Å². The summed E-state index contributed by atoms with van der Waals surface area (Å²) in [5.41, 5.74) is 0.229. The zero-order chi connectivity index (χ0) is 52.6. The molecular weight excluding hydrogens is 908 g/mol. The first-order valence-corrected chi connectivity index (χ1v) is 19.2. The van der Waals surface area contributed by atoms with E-state index in [1.165, 1.54) is 54.6 Å². The second-order valence-electron chi connectivity index (χ2n) is 13.7. The molecule has 5 rings (SSSR count). The van der Waals surface area contributed by atoms with Crippen molar-refractivity contribution in [2.45, 2.75) is 39.5 Å². The Bertz CT molecular complexity index is 2210. The number of rotatable bonds is 14. The van der Waals surface area contributed by atoms with Gasteiger partial charge >= 0.3 is 59.7 Å². The number of carbonyl (C=O) groups is 10. The van der Waals surface area contributed by atoms with E-state index in [1.54, 1.807) is 44.2 Å². The second-order valence-corrected chi connectivity index (χ2v) is 13.7. The van der Waals surface area contributed by atoms with Gasteiger partial charge in [-0.25, -0.2) is 38.4 Å². The van der Waals surface area contributed by atoms with Gasteiger partial charge in [-0.05, 0) is 85.6 Å². The highest BCUT2D eigenvalue weighted by atomic mass is 16.6. The van der Waals surface area contributed by atoms with E-state index in [9.17, 15) is 47.9 Å². The number of aliphatic carboxylic acids is 2. The Balaban J connectivity index is 0. The third kappa shape index (κ3) is 27.1. The van der Waals surface area contributed by atoms with Crippen LogP contribution < -0.4 is 0 Å². The van der Waals surface area contributed by atoms with E-state index < -0.39 is 59.7 Å². The second kappa shape index (κ2) is 33.2. The van der Waals surface area contributed by atoms with E-state index in [0.29, 0.717) is 18.4 Å². The molecule has 368 valence electrons. The third-order valence-corrected chi connectivity index (χ3v) is 7.64. The van der Waals surface area contributed by atoms with Gasteiger partial charge in [0.2, 0.25) is 0 Å². The number of fused-ring (bicyclic) bond motifs is 1. The summed E-state index contributed by atoms with van der Waals surface area (Å²) < 4.78 is 4.30. The van der Waals surface area contributed by atoms with E-state index in [4.69, 9.17) is 61.3 Å². The Morgan fingerprint density at radius 1 is 0.412 bits per heavy atom. The summed E-state index contributed by atoms with van der Waals surface area (Å²) in [5, 5.41) is 99.3. The smallest absolute Gasteiger partial charge is 0.346 e. The van der Waals surface area contributed by atoms with E-state index in [2.05, 4.69) is 4.74 Å². The Labute approximate surface area is 386 Å². The molecule has 1 aliphatic heterocycles. The number of cyclic esters (lactones) is 2. The number of hydrogen-bond donors (Lipinski definition) is 12. The lowest BCUT2D eigenvalue weighted by Gasteiger charge is -2.16. The summed E-state index contributed by atoms with van der Waals surface area (Å²) in [4.78, 5) is 104. The molecule has 0 saturated heterocycles. The van der Waals surface area contributed by atoms with Gasteiger partial charge in [0.1, 0.15) is 0 Å². The molecule has 0 aliphatic carbocycles. The number of esters is 2. The molecule has 0 atom stereocenters. The van der Waals surface area contributed by atoms with Gasteiger partial charge in [-0.15, -0.1) is 0 Å². The van der Waals surface area contributed by atoms with Crippen molar-refractivity contribution in [3.63, 3.8) is 0 Å². The summed E-state index contributed by atoms with van der Waals surface area (Å²) in [6, 6.07) is 22.2. The molecule has 4 aromatic carbocycles. The lowest BCUT2D eigenvalue weighted by Crippen LogP contribution is -2.20. The normalized spacial score (nSPS) is 10.3. The van der Waals surface area contributed by atoms with Crippen molar-refractivity contribution >= 4 is 59.7 Å². The molecule has 12 N–H and O–H groups in total. The minimum atomic E-state index is -1.15. The molecule has 0 spiro atoms. The number of hydrogen-bond acceptors (Lipinski definition) is 15. The highest BCUT2D eigenvalue weighted by molar-refractivity contribution is 6.15. The van der Waals surface area contributed by atoms with Crippen molar-refractivity contribution in [1.82, 2.24) is 0 Å². The monoisotopic (exact) mass is 958 g/mol. The topological polar surface area (TPSA) is 423 Å². The van der Waals surface area contributed by atoms with Gasteiger partial charge in [-0.1, -0.05) is 38.1 Å². The molecule has 4 aromatic rings. The minimum absolute atomic E-state index is 0.00917. The molecule has 0 saturated carbocycles. The lowest BCUT2D eigenvalue weighted by molar-refractivity contribution is -0.139. The van der Waals surface area contributed by atoms with Gasteiger partial charge in [0, 0.05) is 18.3 Å². The van der Waals surface area contributed by atoms with Crippen molar-refractivity contribution in [3.8, 4) is 0 Å². The average Bonchev–Trinajstić information content (AvgIpc) is 3.60. The van der Waals surface area contributed by atoms with Gasteiger partial charge in [-0.3, -0.25) is 9.59 Å². The predicted molar refractivity (Wildman–Crippen MR) is 233 cm³/mol. The van der Waals surface area contributed by atoms with Crippen LogP contribution >= 0.6 is 0 Å². The van der Waals surface area contributed by atoms with Crippen molar-refractivity contribution < 1.29 is 114 Å². The van der Waals surface area contributed by atoms with Crippen molar-refractivity contribution in [2.75, 3.05) is 26.4 Å². The van der Waals surface area contributed by atoms with Crippen LogP contribution in [0.25, 0.3) is 0 Å². The molecule has 23 nitrogen and oxygen atoms in total. The number of unbranched alkanes of at least 4 members (excludes halogenated alkanes) is 1. The Morgan fingerprint density at radius 2 is 0.721 bits per heavy atom. The number of carboxylic acid groups (broad SMARTS) is 8. The summed E-state index contributed by atoms with van der Waals surface area (Å²) in [6.45, 7) is 3.44. The van der Waals surface area contributed by atoms with Crippen LogP contribution in [0.15, 0.2) is 97.1 Å². The van der Waals surface area contributed by atoms with Gasteiger partial charge in [0.15, 0.2) is 0 Å².